The lowest BCUT2D eigenvalue weighted by atomic mass is 10.2. The van der Waals surface area contributed by atoms with Gasteiger partial charge in [-0.25, -0.2) is 9.37 Å². The highest BCUT2D eigenvalue weighted by atomic mass is 127. The molecule has 0 N–H and O–H groups in total. The Labute approximate surface area is 225 Å². The first kappa shape index (κ1) is 24.3. The van der Waals surface area contributed by atoms with Gasteiger partial charge in [0.05, 0.1) is 24.3 Å². The minimum atomic E-state index is -0.292. The lowest BCUT2D eigenvalue weighted by Gasteiger charge is -2.12. The fraction of sp³-hybridized carbons (Fsp3) is 0.125. The quantitative estimate of drug-likeness (QED) is 0.168. The summed E-state index contributed by atoms with van der Waals surface area (Å²) in [5.74, 6) is 0.972. The van der Waals surface area contributed by atoms with E-state index in [1.165, 1.54) is 10.7 Å². The van der Waals surface area contributed by atoms with E-state index in [1.54, 1.807) is 30.5 Å². The second kappa shape index (κ2) is 10.6. The van der Waals surface area contributed by atoms with E-state index in [0.717, 1.165) is 17.2 Å². The Bertz CT molecular complexity index is 1420. The number of ether oxygens (including phenoxy) is 1. The van der Waals surface area contributed by atoms with Gasteiger partial charge in [-0.3, -0.25) is 4.79 Å². The van der Waals surface area contributed by atoms with Crippen LogP contribution in [0.15, 0.2) is 69.0 Å². The average molecular weight is 732 g/mol. The maximum absolute atomic E-state index is 13.9. The third kappa shape index (κ3) is 5.46. The van der Waals surface area contributed by atoms with E-state index in [4.69, 9.17) is 4.74 Å². The molecule has 0 amide bonds. The lowest BCUT2D eigenvalue weighted by Crippen LogP contribution is -2.22. The van der Waals surface area contributed by atoms with Crippen LogP contribution in [0.3, 0.4) is 0 Å². The van der Waals surface area contributed by atoms with Crippen LogP contribution >= 0.6 is 61.1 Å². The summed E-state index contributed by atoms with van der Waals surface area (Å²) < 4.78 is 23.7. The Morgan fingerprint density at radius 1 is 1.15 bits per heavy atom. The number of hydrogen-bond acceptors (Lipinski definition) is 4. The summed E-state index contributed by atoms with van der Waals surface area (Å²) in [7, 11) is 0. The van der Waals surface area contributed by atoms with Crippen molar-refractivity contribution in [2.24, 2.45) is 5.10 Å². The van der Waals surface area contributed by atoms with Crippen molar-refractivity contribution in [3.63, 3.8) is 0 Å². The van der Waals surface area contributed by atoms with Gasteiger partial charge < -0.3 is 4.74 Å². The molecule has 0 aliphatic heterocycles. The van der Waals surface area contributed by atoms with Gasteiger partial charge in [-0.1, -0.05) is 41.1 Å². The van der Waals surface area contributed by atoms with Crippen LogP contribution in [0.5, 0.6) is 5.75 Å². The van der Waals surface area contributed by atoms with Crippen LogP contribution < -0.4 is 10.3 Å². The number of aromatic nitrogens is 2. The summed E-state index contributed by atoms with van der Waals surface area (Å²) in [5, 5.41) is 4.95. The molecule has 0 fully saturated rings. The van der Waals surface area contributed by atoms with Crippen molar-refractivity contribution in [2.75, 3.05) is 0 Å². The Morgan fingerprint density at radius 2 is 1.88 bits per heavy atom. The molecule has 0 radical (unpaired) electrons. The van der Waals surface area contributed by atoms with Crippen LogP contribution in [0.1, 0.15) is 23.9 Å². The summed E-state index contributed by atoms with van der Waals surface area (Å²) in [6, 6.07) is 15.8. The molecule has 0 unspecified atom stereocenters. The van der Waals surface area contributed by atoms with Crippen molar-refractivity contribution in [3.05, 3.63) is 99.3 Å². The normalized spacial score (nSPS) is 11.4. The summed E-state index contributed by atoms with van der Waals surface area (Å²) in [5.41, 5.74) is 1.73. The largest absolute Gasteiger partial charge is 0.487 e. The molecule has 5 nitrogen and oxygen atoms in total. The molecule has 3 aromatic carbocycles. The molecular weight excluding hydrogens is 715 g/mol. The fourth-order valence-electron chi connectivity index (χ4n) is 3.22. The number of aryl methyl sites for hydroxylation is 1. The Morgan fingerprint density at radius 3 is 2.58 bits per heavy atom. The minimum absolute atomic E-state index is 0.139. The number of benzene rings is 3. The van der Waals surface area contributed by atoms with E-state index < -0.39 is 0 Å². The lowest BCUT2D eigenvalue weighted by molar-refractivity contribution is 0.295. The fourth-order valence-corrected chi connectivity index (χ4v) is 5.71. The van der Waals surface area contributed by atoms with E-state index in [-0.39, 0.29) is 18.0 Å². The van der Waals surface area contributed by atoms with Crippen molar-refractivity contribution in [3.8, 4) is 5.75 Å². The SMILES string of the molecule is CCc1nc2ccc(Br)cc2c(=O)n1N=Cc1cc(I)c(OCc2ccccc2F)c(I)c1. The number of nitrogens with zero attached hydrogens (tertiary/aromatic N) is 3. The van der Waals surface area contributed by atoms with Crippen LogP contribution in [0, 0.1) is 13.0 Å². The first-order valence-corrected chi connectivity index (χ1v) is 12.9. The molecule has 0 saturated carbocycles. The Balaban J connectivity index is 1.64. The number of hydrogen-bond donors (Lipinski definition) is 0. The predicted molar refractivity (Wildman–Crippen MR) is 149 cm³/mol. The first-order valence-electron chi connectivity index (χ1n) is 9.98. The topological polar surface area (TPSA) is 56.5 Å². The highest BCUT2D eigenvalue weighted by Gasteiger charge is 2.12. The zero-order chi connectivity index (χ0) is 23.5. The van der Waals surface area contributed by atoms with E-state index in [1.807, 2.05) is 31.2 Å². The van der Waals surface area contributed by atoms with Gasteiger partial charge in [-0.2, -0.15) is 9.78 Å². The maximum atomic E-state index is 13.9. The molecular formula is C24H17BrFI2N3O2. The molecule has 1 aromatic heterocycles. The van der Waals surface area contributed by atoms with Gasteiger partial charge in [0.2, 0.25) is 0 Å². The number of fused-ring (bicyclic) bond motifs is 1. The van der Waals surface area contributed by atoms with Crippen LogP contribution in [0.2, 0.25) is 0 Å². The van der Waals surface area contributed by atoms with Gasteiger partial charge in [0.25, 0.3) is 5.56 Å². The Kier molecular flexibility index (Phi) is 7.80. The summed E-state index contributed by atoms with van der Waals surface area (Å²) in [4.78, 5) is 17.6. The second-order valence-corrected chi connectivity index (χ2v) is 10.3. The van der Waals surface area contributed by atoms with Crippen LogP contribution in [0.25, 0.3) is 10.9 Å². The third-order valence-corrected chi connectivity index (χ3v) is 6.96. The van der Waals surface area contributed by atoms with Gasteiger partial charge in [0.1, 0.15) is 24.0 Å². The first-order chi connectivity index (χ1) is 15.9. The van der Waals surface area contributed by atoms with Crippen molar-refractivity contribution < 1.29 is 9.13 Å². The maximum Gasteiger partial charge on any atom is 0.282 e. The molecule has 33 heavy (non-hydrogen) atoms. The van der Waals surface area contributed by atoms with Crippen LogP contribution in [-0.4, -0.2) is 15.9 Å². The smallest absolute Gasteiger partial charge is 0.282 e. The van der Waals surface area contributed by atoms with Crippen LogP contribution in [0.4, 0.5) is 4.39 Å². The van der Waals surface area contributed by atoms with Gasteiger partial charge in [-0.05, 0) is 87.1 Å². The molecule has 168 valence electrons. The van der Waals surface area contributed by atoms with Crippen molar-refractivity contribution >= 4 is 78.2 Å². The highest BCUT2D eigenvalue weighted by molar-refractivity contribution is 14.1. The van der Waals surface area contributed by atoms with E-state index in [9.17, 15) is 9.18 Å². The summed E-state index contributed by atoms with van der Waals surface area (Å²) in [6.45, 7) is 2.08. The molecule has 0 aliphatic rings. The number of halogens is 4. The monoisotopic (exact) mass is 731 g/mol. The van der Waals surface area contributed by atoms with E-state index >= 15 is 0 Å². The average Bonchev–Trinajstić information content (AvgIpc) is 2.79. The second-order valence-electron chi connectivity index (χ2n) is 7.10. The van der Waals surface area contributed by atoms with Gasteiger partial charge in [-0.15, -0.1) is 0 Å². The molecule has 0 aliphatic carbocycles. The predicted octanol–water partition coefficient (Wildman–Crippen LogP) is 6.53. The minimum Gasteiger partial charge on any atom is -0.487 e. The molecule has 0 bridgehead atoms. The third-order valence-electron chi connectivity index (χ3n) is 4.86. The molecule has 0 atom stereocenters. The zero-order valence-corrected chi connectivity index (χ0v) is 23.3. The zero-order valence-electron chi connectivity index (χ0n) is 17.4. The standard InChI is InChI=1S/C24H17BrFI2N3O2/c1-2-22-30-21-8-7-16(25)11-17(21)24(32)31(22)29-12-14-9-19(27)23(20(28)10-14)33-13-15-5-3-4-6-18(15)26/h3-12H,2,13H2,1H3. The molecule has 0 spiro atoms. The van der Waals surface area contributed by atoms with E-state index in [2.05, 4.69) is 71.2 Å². The van der Waals surface area contributed by atoms with Crippen molar-refractivity contribution in [1.82, 2.24) is 9.66 Å². The summed E-state index contributed by atoms with van der Waals surface area (Å²) >= 11 is 7.77. The van der Waals surface area contributed by atoms with Crippen LogP contribution in [-0.2, 0) is 13.0 Å². The van der Waals surface area contributed by atoms with Gasteiger partial charge in [0.15, 0.2) is 0 Å². The molecule has 9 heteroatoms. The van der Waals surface area contributed by atoms with Crippen molar-refractivity contribution in [2.45, 2.75) is 20.0 Å². The highest BCUT2D eigenvalue weighted by Crippen LogP contribution is 2.29. The molecule has 4 aromatic rings. The van der Waals surface area contributed by atoms with Gasteiger partial charge in [0, 0.05) is 16.5 Å². The van der Waals surface area contributed by atoms with Crippen molar-refractivity contribution in [1.29, 1.82) is 0 Å². The molecule has 4 rings (SSSR count). The Hall–Kier alpha value is -1.86. The molecule has 1 heterocycles. The number of rotatable bonds is 6. The molecule has 0 saturated heterocycles. The van der Waals surface area contributed by atoms with E-state index in [0.29, 0.717) is 34.5 Å². The van der Waals surface area contributed by atoms with Gasteiger partial charge >= 0.3 is 0 Å². The summed E-state index contributed by atoms with van der Waals surface area (Å²) in [6.07, 6.45) is 2.20.